The van der Waals surface area contributed by atoms with Gasteiger partial charge >= 0.3 is 0 Å². The molecule has 2 aliphatic rings. The van der Waals surface area contributed by atoms with Gasteiger partial charge in [0.25, 0.3) is 11.8 Å². The van der Waals surface area contributed by atoms with Gasteiger partial charge in [-0.15, -0.1) is 12.4 Å². The van der Waals surface area contributed by atoms with Gasteiger partial charge in [-0.3, -0.25) is 4.79 Å². The molecule has 0 radical (unpaired) electrons. The van der Waals surface area contributed by atoms with Gasteiger partial charge in [0.1, 0.15) is 12.3 Å². The molecule has 1 amide bonds. The van der Waals surface area contributed by atoms with Crippen LogP contribution in [0.5, 0.6) is 11.8 Å². The van der Waals surface area contributed by atoms with Crippen LogP contribution in [0.25, 0.3) is 0 Å². The normalized spacial score (nSPS) is 23.9. The Balaban J connectivity index is 0.00000261. The summed E-state index contributed by atoms with van der Waals surface area (Å²) in [6.45, 7) is 0.0344. The molecular weight excluding hydrogens is 394 g/mol. The molecule has 2 atom stereocenters. The number of nitrogens with zero attached hydrogens (tertiary/aromatic N) is 1. The molecular formula is C16H20ClF4N3O3. The summed E-state index contributed by atoms with van der Waals surface area (Å²) in [7, 11) is 1.30. The summed E-state index contributed by atoms with van der Waals surface area (Å²) in [5.74, 6) is -4.45. The number of methoxy groups -OCH3 is 1. The highest BCUT2D eigenvalue weighted by atomic mass is 35.5. The zero-order valence-corrected chi connectivity index (χ0v) is 15.3. The topological polar surface area (TPSA) is 72.5 Å². The van der Waals surface area contributed by atoms with Crippen molar-refractivity contribution in [1.29, 1.82) is 0 Å². The summed E-state index contributed by atoms with van der Waals surface area (Å²) in [6.07, 6.45) is -2.77. The Bertz CT molecular complexity index is 687. The molecule has 27 heavy (non-hydrogen) atoms. The SMILES string of the molecule is COc1nc(OC2CC(F)(F)C2)c(F)cc1CNC(=O)[C@@H]1C[C@@H](F)CN1.Cl. The molecule has 1 aromatic rings. The molecule has 0 bridgehead atoms. The highest BCUT2D eigenvalue weighted by Gasteiger charge is 2.47. The van der Waals surface area contributed by atoms with Gasteiger partial charge in [-0.1, -0.05) is 0 Å². The van der Waals surface area contributed by atoms with Gasteiger partial charge in [-0.2, -0.15) is 4.98 Å². The maximum absolute atomic E-state index is 14.2. The van der Waals surface area contributed by atoms with Crippen molar-refractivity contribution >= 4 is 18.3 Å². The molecule has 6 nitrogen and oxygen atoms in total. The highest BCUT2D eigenvalue weighted by molar-refractivity contribution is 5.85. The Labute approximate surface area is 159 Å². The lowest BCUT2D eigenvalue weighted by molar-refractivity contribution is -0.136. The van der Waals surface area contributed by atoms with E-state index >= 15 is 0 Å². The molecule has 1 saturated carbocycles. The van der Waals surface area contributed by atoms with E-state index in [1.54, 1.807) is 0 Å². The van der Waals surface area contributed by atoms with Crippen molar-refractivity contribution < 1.29 is 31.8 Å². The summed E-state index contributed by atoms with van der Waals surface area (Å²) < 4.78 is 63.2. The van der Waals surface area contributed by atoms with Crippen LogP contribution in [0, 0.1) is 5.82 Å². The molecule has 3 rings (SSSR count). The van der Waals surface area contributed by atoms with Crippen LogP contribution in [-0.2, 0) is 11.3 Å². The largest absolute Gasteiger partial charge is 0.481 e. The number of hydrogen-bond donors (Lipinski definition) is 2. The average Bonchev–Trinajstić information content (AvgIpc) is 2.99. The number of rotatable bonds is 6. The fourth-order valence-electron chi connectivity index (χ4n) is 2.93. The smallest absolute Gasteiger partial charge is 0.255 e. The van der Waals surface area contributed by atoms with Gasteiger partial charge in [0.05, 0.1) is 13.2 Å². The van der Waals surface area contributed by atoms with Gasteiger partial charge < -0.3 is 20.1 Å². The van der Waals surface area contributed by atoms with Crippen LogP contribution in [-0.4, -0.2) is 48.8 Å². The second-order valence-corrected chi connectivity index (χ2v) is 6.46. The fourth-order valence-corrected chi connectivity index (χ4v) is 2.93. The van der Waals surface area contributed by atoms with Gasteiger partial charge in [0, 0.05) is 37.9 Å². The molecule has 2 N–H and O–H groups in total. The maximum Gasteiger partial charge on any atom is 0.255 e. The van der Waals surface area contributed by atoms with E-state index in [1.807, 2.05) is 0 Å². The van der Waals surface area contributed by atoms with Crippen LogP contribution in [0.15, 0.2) is 6.07 Å². The predicted molar refractivity (Wildman–Crippen MR) is 89.7 cm³/mol. The number of hydrogen-bond acceptors (Lipinski definition) is 5. The molecule has 2 fully saturated rings. The van der Waals surface area contributed by atoms with E-state index in [0.717, 1.165) is 6.07 Å². The van der Waals surface area contributed by atoms with Crippen LogP contribution in [0.4, 0.5) is 17.6 Å². The molecule has 0 spiro atoms. The number of alkyl halides is 3. The number of ether oxygens (including phenoxy) is 2. The highest BCUT2D eigenvalue weighted by Crippen LogP contribution is 2.40. The second kappa shape index (κ2) is 8.47. The first-order valence-electron chi connectivity index (χ1n) is 8.20. The van der Waals surface area contributed by atoms with Crippen molar-refractivity contribution in [3.8, 4) is 11.8 Å². The van der Waals surface area contributed by atoms with Crippen molar-refractivity contribution in [2.75, 3.05) is 13.7 Å². The molecule has 0 unspecified atom stereocenters. The van der Waals surface area contributed by atoms with E-state index in [-0.39, 0.29) is 43.4 Å². The van der Waals surface area contributed by atoms with Gasteiger partial charge in [-0.05, 0) is 6.07 Å². The molecule has 1 aliphatic heterocycles. The number of pyridine rings is 1. The minimum Gasteiger partial charge on any atom is -0.481 e. The van der Waals surface area contributed by atoms with Crippen molar-refractivity contribution in [3.63, 3.8) is 0 Å². The number of amides is 1. The number of carbonyl (C=O) groups is 1. The van der Waals surface area contributed by atoms with E-state index in [2.05, 4.69) is 15.6 Å². The molecule has 152 valence electrons. The Hall–Kier alpha value is -1.81. The maximum atomic E-state index is 14.2. The Morgan fingerprint density at radius 2 is 2.11 bits per heavy atom. The van der Waals surface area contributed by atoms with Gasteiger partial charge in [-0.25, -0.2) is 17.6 Å². The first kappa shape index (κ1) is 21.5. The molecule has 11 heteroatoms. The van der Waals surface area contributed by atoms with E-state index in [0.29, 0.717) is 0 Å². The minimum absolute atomic E-state index is 0. The third-order valence-corrected chi connectivity index (χ3v) is 4.35. The predicted octanol–water partition coefficient (Wildman–Crippen LogP) is 2.14. The number of halogens is 5. The summed E-state index contributed by atoms with van der Waals surface area (Å²) in [5.41, 5.74) is 0.249. The quantitative estimate of drug-likeness (QED) is 0.699. The Morgan fingerprint density at radius 3 is 2.67 bits per heavy atom. The van der Waals surface area contributed by atoms with E-state index in [4.69, 9.17) is 9.47 Å². The standard InChI is InChI=1S/C16H19F4N3O3.ClH/c1-25-14-8(6-22-13(24)12-3-9(17)7-21-12)2-11(18)15(23-14)26-10-4-16(19,20)5-10;/h2,9-10,12,21H,3-7H2,1H3,(H,22,24);1H/t9-,12+;/m1./s1. The van der Waals surface area contributed by atoms with Crippen LogP contribution < -0.4 is 20.1 Å². The summed E-state index contributed by atoms with van der Waals surface area (Å²) in [6, 6.07) is 0.426. The molecule has 1 saturated heterocycles. The average molecular weight is 414 g/mol. The van der Waals surface area contributed by atoms with Crippen LogP contribution in [0.2, 0.25) is 0 Å². The molecule has 1 aromatic heterocycles. The van der Waals surface area contributed by atoms with E-state index in [9.17, 15) is 22.4 Å². The van der Waals surface area contributed by atoms with Crippen LogP contribution in [0.1, 0.15) is 24.8 Å². The minimum atomic E-state index is -2.79. The lowest BCUT2D eigenvalue weighted by Gasteiger charge is -2.34. The van der Waals surface area contributed by atoms with E-state index < -0.39 is 54.7 Å². The Morgan fingerprint density at radius 1 is 1.41 bits per heavy atom. The third kappa shape index (κ3) is 5.13. The van der Waals surface area contributed by atoms with Crippen molar-refractivity contribution in [3.05, 3.63) is 17.4 Å². The van der Waals surface area contributed by atoms with Crippen molar-refractivity contribution in [2.24, 2.45) is 0 Å². The molecule has 1 aliphatic carbocycles. The molecule has 2 heterocycles. The van der Waals surface area contributed by atoms with Gasteiger partial charge in [0.2, 0.25) is 11.8 Å². The third-order valence-electron chi connectivity index (χ3n) is 4.35. The van der Waals surface area contributed by atoms with Crippen LogP contribution in [0.3, 0.4) is 0 Å². The lowest BCUT2D eigenvalue weighted by atomic mass is 9.91. The number of carbonyl (C=O) groups excluding carboxylic acids is 1. The Kier molecular flexibility index (Phi) is 6.74. The van der Waals surface area contributed by atoms with E-state index in [1.165, 1.54) is 7.11 Å². The zero-order chi connectivity index (χ0) is 18.9. The second-order valence-electron chi connectivity index (χ2n) is 6.46. The first-order valence-corrected chi connectivity index (χ1v) is 8.20. The van der Waals surface area contributed by atoms with Crippen molar-refractivity contribution in [1.82, 2.24) is 15.6 Å². The zero-order valence-electron chi connectivity index (χ0n) is 14.4. The van der Waals surface area contributed by atoms with Crippen molar-refractivity contribution in [2.45, 2.75) is 50.0 Å². The fraction of sp³-hybridized carbons (Fsp3) is 0.625. The monoisotopic (exact) mass is 413 g/mol. The summed E-state index contributed by atoms with van der Waals surface area (Å²) in [5, 5.41) is 5.31. The molecule has 0 aromatic carbocycles. The summed E-state index contributed by atoms with van der Waals surface area (Å²) >= 11 is 0. The lowest BCUT2D eigenvalue weighted by Crippen LogP contribution is -2.43. The number of aromatic nitrogens is 1. The summed E-state index contributed by atoms with van der Waals surface area (Å²) in [4.78, 5) is 15.8. The first-order chi connectivity index (χ1) is 12.3. The number of nitrogens with one attached hydrogen (secondary N) is 2. The van der Waals surface area contributed by atoms with Gasteiger partial charge in [0.15, 0.2) is 5.82 Å². The van der Waals surface area contributed by atoms with Crippen LogP contribution >= 0.6 is 12.4 Å².